The maximum Gasteiger partial charge on any atom is 0.254 e. The Morgan fingerprint density at radius 3 is 2.61 bits per heavy atom. The number of imidazole rings is 1. The van der Waals surface area contributed by atoms with E-state index in [2.05, 4.69) is 9.97 Å². The lowest BCUT2D eigenvalue weighted by Gasteiger charge is -2.35. The summed E-state index contributed by atoms with van der Waals surface area (Å²) >= 11 is 0. The summed E-state index contributed by atoms with van der Waals surface area (Å²) < 4.78 is 1.53. The molecule has 4 rings (SSSR count). The largest absolute Gasteiger partial charge is 0.345 e. The van der Waals surface area contributed by atoms with E-state index in [1.807, 2.05) is 6.07 Å². The van der Waals surface area contributed by atoms with E-state index in [1.54, 1.807) is 46.6 Å². The first-order valence-corrected chi connectivity index (χ1v) is 9.27. The minimum Gasteiger partial charge on any atom is -0.345 e. The smallest absolute Gasteiger partial charge is 0.254 e. The van der Waals surface area contributed by atoms with Crippen molar-refractivity contribution in [2.75, 3.05) is 26.2 Å². The first-order chi connectivity index (χ1) is 13.6. The molecule has 1 aromatic carbocycles. The van der Waals surface area contributed by atoms with Crippen molar-refractivity contribution in [2.24, 2.45) is 0 Å². The number of nitrogens with zero attached hydrogens (tertiary/aromatic N) is 4. The molecule has 1 N–H and O–H groups in total. The minimum atomic E-state index is -0.111. The van der Waals surface area contributed by atoms with E-state index >= 15 is 0 Å². The van der Waals surface area contributed by atoms with Crippen LogP contribution in [0.25, 0.3) is 11.0 Å². The van der Waals surface area contributed by atoms with E-state index in [9.17, 15) is 14.4 Å². The molecule has 1 aliphatic rings. The zero-order valence-corrected chi connectivity index (χ0v) is 15.4. The maximum atomic E-state index is 12.7. The summed E-state index contributed by atoms with van der Waals surface area (Å²) in [4.78, 5) is 47.6. The SMILES string of the molecule is O=C(CCn1ccccc1=O)N1CCN(C(=O)c2ccc3nc[nH]c3c2)CC1. The Morgan fingerprint density at radius 1 is 1.04 bits per heavy atom. The fraction of sp³-hybridized carbons (Fsp3) is 0.300. The summed E-state index contributed by atoms with van der Waals surface area (Å²) in [6, 6.07) is 10.3. The van der Waals surface area contributed by atoms with Crippen molar-refractivity contribution in [1.29, 1.82) is 0 Å². The lowest BCUT2D eigenvalue weighted by atomic mass is 10.1. The number of pyridine rings is 1. The molecular weight excluding hydrogens is 358 g/mol. The summed E-state index contributed by atoms with van der Waals surface area (Å²) in [6.07, 6.45) is 3.56. The van der Waals surface area contributed by atoms with Crippen LogP contribution >= 0.6 is 0 Å². The third-order valence-electron chi connectivity index (χ3n) is 5.05. The van der Waals surface area contributed by atoms with Gasteiger partial charge >= 0.3 is 0 Å². The van der Waals surface area contributed by atoms with Gasteiger partial charge in [0.15, 0.2) is 0 Å². The van der Waals surface area contributed by atoms with Gasteiger partial charge in [0.25, 0.3) is 11.5 Å². The fourth-order valence-corrected chi connectivity index (χ4v) is 3.43. The Kier molecular flexibility index (Phi) is 4.92. The van der Waals surface area contributed by atoms with Gasteiger partial charge < -0.3 is 19.4 Å². The van der Waals surface area contributed by atoms with Gasteiger partial charge in [-0.15, -0.1) is 0 Å². The number of carbonyl (C=O) groups is 2. The number of H-pyrrole nitrogens is 1. The average Bonchev–Trinajstić information content (AvgIpc) is 3.20. The molecular formula is C20H21N5O3. The van der Waals surface area contributed by atoms with E-state index in [-0.39, 0.29) is 23.8 Å². The molecule has 0 radical (unpaired) electrons. The molecule has 0 atom stereocenters. The number of fused-ring (bicyclic) bond motifs is 1. The average molecular weight is 379 g/mol. The van der Waals surface area contributed by atoms with Gasteiger partial charge in [-0.2, -0.15) is 0 Å². The highest BCUT2D eigenvalue weighted by molar-refractivity contribution is 5.97. The number of aromatic amines is 1. The summed E-state index contributed by atoms with van der Waals surface area (Å²) in [5, 5.41) is 0. The van der Waals surface area contributed by atoms with Crippen molar-refractivity contribution in [1.82, 2.24) is 24.3 Å². The number of piperazine rings is 1. The lowest BCUT2D eigenvalue weighted by molar-refractivity contribution is -0.132. The highest BCUT2D eigenvalue weighted by Crippen LogP contribution is 2.15. The highest BCUT2D eigenvalue weighted by Gasteiger charge is 2.25. The molecule has 8 heteroatoms. The van der Waals surface area contributed by atoms with Gasteiger partial charge in [-0.1, -0.05) is 6.07 Å². The molecule has 8 nitrogen and oxygen atoms in total. The van der Waals surface area contributed by atoms with E-state index < -0.39 is 0 Å². The summed E-state index contributed by atoms with van der Waals surface area (Å²) in [6.45, 7) is 2.36. The second-order valence-corrected chi connectivity index (χ2v) is 6.79. The monoisotopic (exact) mass is 379 g/mol. The van der Waals surface area contributed by atoms with Gasteiger partial charge in [-0.05, 0) is 24.3 Å². The number of carbonyl (C=O) groups excluding carboxylic acids is 2. The third-order valence-corrected chi connectivity index (χ3v) is 5.05. The normalized spacial score (nSPS) is 14.4. The fourth-order valence-electron chi connectivity index (χ4n) is 3.43. The first kappa shape index (κ1) is 18.0. The molecule has 3 heterocycles. The Morgan fingerprint density at radius 2 is 1.82 bits per heavy atom. The van der Waals surface area contributed by atoms with Gasteiger partial charge in [0.05, 0.1) is 17.4 Å². The van der Waals surface area contributed by atoms with Crippen LogP contribution < -0.4 is 5.56 Å². The second-order valence-electron chi connectivity index (χ2n) is 6.79. The molecule has 0 bridgehead atoms. The van der Waals surface area contributed by atoms with Crippen molar-refractivity contribution in [3.05, 3.63) is 64.8 Å². The summed E-state index contributed by atoms with van der Waals surface area (Å²) in [7, 11) is 0. The van der Waals surface area contributed by atoms with Crippen molar-refractivity contribution in [2.45, 2.75) is 13.0 Å². The molecule has 144 valence electrons. The van der Waals surface area contributed by atoms with Crippen molar-refractivity contribution < 1.29 is 9.59 Å². The van der Waals surface area contributed by atoms with Crippen LogP contribution in [0.2, 0.25) is 0 Å². The number of hydrogen-bond acceptors (Lipinski definition) is 4. The molecule has 0 saturated carbocycles. The Hall–Kier alpha value is -3.42. The van der Waals surface area contributed by atoms with Crippen LogP contribution in [0.4, 0.5) is 0 Å². The Balaban J connectivity index is 1.32. The summed E-state index contributed by atoms with van der Waals surface area (Å²) in [5.74, 6) is -0.0406. The maximum absolute atomic E-state index is 12.7. The second kappa shape index (κ2) is 7.67. The molecule has 0 aliphatic carbocycles. The van der Waals surface area contributed by atoms with Crippen LogP contribution in [0.3, 0.4) is 0 Å². The van der Waals surface area contributed by atoms with Crippen LogP contribution in [-0.4, -0.2) is 62.3 Å². The van der Waals surface area contributed by atoms with Gasteiger partial charge in [-0.25, -0.2) is 4.98 Å². The third kappa shape index (κ3) is 3.66. The molecule has 2 aromatic heterocycles. The number of aromatic nitrogens is 3. The Bertz CT molecular complexity index is 1060. The number of amides is 2. The number of rotatable bonds is 4. The molecule has 1 aliphatic heterocycles. The zero-order chi connectivity index (χ0) is 19.5. The minimum absolute atomic E-state index is 0.00160. The van der Waals surface area contributed by atoms with Crippen molar-refractivity contribution in [3.63, 3.8) is 0 Å². The molecule has 1 saturated heterocycles. The van der Waals surface area contributed by atoms with Crippen LogP contribution in [0.1, 0.15) is 16.8 Å². The van der Waals surface area contributed by atoms with Gasteiger partial charge in [0, 0.05) is 57.0 Å². The molecule has 1 fully saturated rings. The molecule has 2 amide bonds. The predicted molar refractivity (Wildman–Crippen MR) is 104 cm³/mol. The van der Waals surface area contributed by atoms with Crippen molar-refractivity contribution in [3.8, 4) is 0 Å². The van der Waals surface area contributed by atoms with E-state index in [1.165, 1.54) is 10.6 Å². The van der Waals surface area contributed by atoms with E-state index in [0.29, 0.717) is 38.3 Å². The van der Waals surface area contributed by atoms with Crippen LogP contribution in [0, 0.1) is 0 Å². The quantitative estimate of drug-likeness (QED) is 0.735. The standard InChI is InChI=1S/C20H21N5O3/c26-18-3-1-2-7-23(18)8-6-19(27)24-9-11-25(12-10-24)20(28)15-4-5-16-17(13-15)22-14-21-16/h1-5,7,13-14H,6,8-12H2,(H,21,22). The van der Waals surface area contributed by atoms with E-state index in [0.717, 1.165) is 11.0 Å². The topological polar surface area (TPSA) is 91.3 Å². The number of aryl methyl sites for hydroxylation is 1. The first-order valence-electron chi connectivity index (χ1n) is 9.27. The predicted octanol–water partition coefficient (Wildman–Crippen LogP) is 1.10. The number of nitrogens with one attached hydrogen (secondary N) is 1. The number of benzene rings is 1. The molecule has 0 spiro atoms. The van der Waals surface area contributed by atoms with Gasteiger partial charge in [0.1, 0.15) is 0 Å². The van der Waals surface area contributed by atoms with Gasteiger partial charge in [0.2, 0.25) is 5.91 Å². The lowest BCUT2D eigenvalue weighted by Crippen LogP contribution is -2.50. The number of hydrogen-bond donors (Lipinski definition) is 1. The Labute approximate surface area is 161 Å². The summed E-state index contributed by atoms with van der Waals surface area (Å²) in [5.41, 5.74) is 2.15. The molecule has 0 unspecified atom stereocenters. The molecule has 3 aromatic rings. The van der Waals surface area contributed by atoms with Crippen LogP contribution in [0.15, 0.2) is 53.7 Å². The van der Waals surface area contributed by atoms with Crippen molar-refractivity contribution >= 4 is 22.8 Å². The van der Waals surface area contributed by atoms with Crippen LogP contribution in [0.5, 0.6) is 0 Å². The van der Waals surface area contributed by atoms with Crippen LogP contribution in [-0.2, 0) is 11.3 Å². The van der Waals surface area contributed by atoms with Gasteiger partial charge in [-0.3, -0.25) is 14.4 Å². The zero-order valence-electron chi connectivity index (χ0n) is 15.4. The van der Waals surface area contributed by atoms with E-state index in [4.69, 9.17) is 0 Å². The highest BCUT2D eigenvalue weighted by atomic mass is 16.2. The molecule has 28 heavy (non-hydrogen) atoms.